The first kappa shape index (κ1) is 13.5. The SMILES string of the molecule is CCCN(CCO)c1ccc(C(=O)O)c(C)c1. The lowest BCUT2D eigenvalue weighted by Gasteiger charge is -2.24. The van der Waals surface area contributed by atoms with Gasteiger partial charge in [0.15, 0.2) is 0 Å². The fraction of sp³-hybridized carbons (Fsp3) is 0.462. The quantitative estimate of drug-likeness (QED) is 0.793. The molecule has 0 amide bonds. The van der Waals surface area contributed by atoms with Crippen molar-refractivity contribution in [2.75, 3.05) is 24.6 Å². The maximum Gasteiger partial charge on any atom is 0.335 e. The highest BCUT2D eigenvalue weighted by atomic mass is 16.4. The van der Waals surface area contributed by atoms with E-state index >= 15 is 0 Å². The largest absolute Gasteiger partial charge is 0.478 e. The lowest BCUT2D eigenvalue weighted by molar-refractivity contribution is 0.0696. The second-order valence-electron chi connectivity index (χ2n) is 4.02. The van der Waals surface area contributed by atoms with Crippen molar-refractivity contribution in [2.24, 2.45) is 0 Å². The van der Waals surface area contributed by atoms with Crippen LogP contribution in [0.4, 0.5) is 5.69 Å². The molecule has 4 heteroatoms. The van der Waals surface area contributed by atoms with Gasteiger partial charge in [0.25, 0.3) is 0 Å². The van der Waals surface area contributed by atoms with E-state index in [9.17, 15) is 4.79 Å². The molecule has 0 spiro atoms. The molecule has 0 aliphatic rings. The molecule has 0 saturated carbocycles. The van der Waals surface area contributed by atoms with Crippen molar-refractivity contribution in [3.8, 4) is 0 Å². The summed E-state index contributed by atoms with van der Waals surface area (Å²) < 4.78 is 0. The van der Waals surface area contributed by atoms with E-state index in [0.717, 1.165) is 24.2 Å². The van der Waals surface area contributed by atoms with Gasteiger partial charge in [-0.05, 0) is 37.1 Å². The molecule has 2 N–H and O–H groups in total. The van der Waals surface area contributed by atoms with Gasteiger partial charge in [-0.2, -0.15) is 0 Å². The Morgan fingerprint density at radius 1 is 1.35 bits per heavy atom. The smallest absolute Gasteiger partial charge is 0.335 e. The van der Waals surface area contributed by atoms with Gasteiger partial charge >= 0.3 is 5.97 Å². The third kappa shape index (κ3) is 3.46. The molecular formula is C13H19NO3. The highest BCUT2D eigenvalue weighted by molar-refractivity contribution is 5.89. The van der Waals surface area contributed by atoms with Crippen molar-refractivity contribution in [1.82, 2.24) is 0 Å². The summed E-state index contributed by atoms with van der Waals surface area (Å²) in [5, 5.41) is 17.9. The molecule has 0 bridgehead atoms. The zero-order valence-electron chi connectivity index (χ0n) is 10.3. The van der Waals surface area contributed by atoms with Crippen LogP contribution in [0.15, 0.2) is 18.2 Å². The van der Waals surface area contributed by atoms with Gasteiger partial charge in [0.05, 0.1) is 12.2 Å². The number of carboxylic acids is 1. The molecule has 0 atom stereocenters. The average molecular weight is 237 g/mol. The maximum absolute atomic E-state index is 10.9. The number of aromatic carboxylic acids is 1. The fourth-order valence-corrected chi connectivity index (χ4v) is 1.85. The summed E-state index contributed by atoms with van der Waals surface area (Å²) in [5.41, 5.74) is 2.03. The van der Waals surface area contributed by atoms with E-state index in [1.165, 1.54) is 0 Å². The van der Waals surface area contributed by atoms with Crippen LogP contribution in [0.2, 0.25) is 0 Å². The molecule has 17 heavy (non-hydrogen) atoms. The number of hydrogen-bond donors (Lipinski definition) is 2. The van der Waals surface area contributed by atoms with E-state index in [4.69, 9.17) is 10.2 Å². The molecule has 94 valence electrons. The summed E-state index contributed by atoms with van der Waals surface area (Å²) in [5.74, 6) is -0.904. The zero-order chi connectivity index (χ0) is 12.8. The van der Waals surface area contributed by atoms with Gasteiger partial charge in [-0.1, -0.05) is 6.92 Å². The van der Waals surface area contributed by atoms with Crippen molar-refractivity contribution in [1.29, 1.82) is 0 Å². The molecule has 0 unspecified atom stereocenters. The number of rotatable bonds is 6. The number of hydrogen-bond acceptors (Lipinski definition) is 3. The third-order valence-corrected chi connectivity index (χ3v) is 2.67. The predicted molar refractivity (Wildman–Crippen MR) is 67.7 cm³/mol. The van der Waals surface area contributed by atoms with Crippen molar-refractivity contribution < 1.29 is 15.0 Å². The van der Waals surface area contributed by atoms with Crippen LogP contribution in [0.5, 0.6) is 0 Å². The molecule has 1 aromatic rings. The van der Waals surface area contributed by atoms with Gasteiger partial charge in [-0.25, -0.2) is 4.79 Å². The van der Waals surface area contributed by atoms with Crippen molar-refractivity contribution in [3.05, 3.63) is 29.3 Å². The number of aliphatic hydroxyl groups is 1. The lowest BCUT2D eigenvalue weighted by atomic mass is 10.1. The summed E-state index contributed by atoms with van der Waals surface area (Å²) in [6.45, 7) is 5.38. The summed E-state index contributed by atoms with van der Waals surface area (Å²) in [4.78, 5) is 13.0. The summed E-state index contributed by atoms with van der Waals surface area (Å²) >= 11 is 0. The number of anilines is 1. The number of carboxylic acid groups (broad SMARTS) is 1. The van der Waals surface area contributed by atoms with Gasteiger partial charge < -0.3 is 15.1 Å². The number of benzene rings is 1. The zero-order valence-corrected chi connectivity index (χ0v) is 10.3. The van der Waals surface area contributed by atoms with E-state index in [2.05, 4.69) is 11.8 Å². The van der Waals surface area contributed by atoms with Crippen molar-refractivity contribution in [2.45, 2.75) is 20.3 Å². The average Bonchev–Trinajstić information content (AvgIpc) is 2.28. The van der Waals surface area contributed by atoms with Crippen LogP contribution >= 0.6 is 0 Å². The molecule has 1 rings (SSSR count). The van der Waals surface area contributed by atoms with Gasteiger partial charge in [-0.15, -0.1) is 0 Å². The van der Waals surface area contributed by atoms with Crippen LogP contribution in [0, 0.1) is 6.92 Å². The van der Waals surface area contributed by atoms with Gasteiger partial charge in [-0.3, -0.25) is 0 Å². The standard InChI is InChI=1S/C13H19NO3/c1-3-6-14(7-8-15)11-4-5-12(13(16)17)10(2)9-11/h4-5,9,15H,3,6-8H2,1-2H3,(H,16,17). The molecule has 0 fully saturated rings. The third-order valence-electron chi connectivity index (χ3n) is 2.67. The Balaban J connectivity index is 2.97. The summed E-state index contributed by atoms with van der Waals surface area (Å²) in [7, 11) is 0. The predicted octanol–water partition coefficient (Wildman–Crippen LogP) is 1.90. The highest BCUT2D eigenvalue weighted by Gasteiger charge is 2.10. The molecule has 1 aromatic carbocycles. The van der Waals surface area contributed by atoms with Gasteiger partial charge in [0, 0.05) is 18.8 Å². The van der Waals surface area contributed by atoms with E-state index in [0.29, 0.717) is 12.1 Å². The molecule has 0 aliphatic carbocycles. The number of nitrogens with zero attached hydrogens (tertiary/aromatic N) is 1. The summed E-state index contributed by atoms with van der Waals surface area (Å²) in [6, 6.07) is 5.27. The molecule has 0 aliphatic heterocycles. The van der Waals surface area contributed by atoms with Gasteiger partial charge in [0.1, 0.15) is 0 Å². The van der Waals surface area contributed by atoms with Gasteiger partial charge in [0.2, 0.25) is 0 Å². The first-order valence-corrected chi connectivity index (χ1v) is 5.80. The van der Waals surface area contributed by atoms with Crippen LogP contribution in [0.1, 0.15) is 29.3 Å². The fourth-order valence-electron chi connectivity index (χ4n) is 1.85. The van der Waals surface area contributed by atoms with Crippen molar-refractivity contribution >= 4 is 11.7 Å². The minimum atomic E-state index is -0.904. The molecule has 0 heterocycles. The second-order valence-corrected chi connectivity index (χ2v) is 4.02. The normalized spacial score (nSPS) is 10.3. The number of carbonyl (C=O) groups is 1. The van der Waals surface area contributed by atoms with E-state index in [1.807, 2.05) is 6.07 Å². The lowest BCUT2D eigenvalue weighted by Crippen LogP contribution is -2.27. The Hall–Kier alpha value is -1.55. The molecule has 0 aromatic heterocycles. The topological polar surface area (TPSA) is 60.8 Å². The molecular weight excluding hydrogens is 218 g/mol. The molecule has 4 nitrogen and oxygen atoms in total. The van der Waals surface area contributed by atoms with Crippen LogP contribution < -0.4 is 4.90 Å². The van der Waals surface area contributed by atoms with E-state index in [1.54, 1.807) is 19.1 Å². The maximum atomic E-state index is 10.9. The van der Waals surface area contributed by atoms with Crippen LogP contribution in [-0.2, 0) is 0 Å². The van der Waals surface area contributed by atoms with Crippen LogP contribution in [0.25, 0.3) is 0 Å². The number of aliphatic hydroxyl groups excluding tert-OH is 1. The van der Waals surface area contributed by atoms with E-state index < -0.39 is 5.97 Å². The Bertz CT molecular complexity index is 384. The molecule has 0 radical (unpaired) electrons. The van der Waals surface area contributed by atoms with Crippen molar-refractivity contribution in [3.63, 3.8) is 0 Å². The molecule has 0 saturated heterocycles. The first-order chi connectivity index (χ1) is 8.10. The Morgan fingerprint density at radius 2 is 2.06 bits per heavy atom. The first-order valence-electron chi connectivity index (χ1n) is 5.80. The van der Waals surface area contributed by atoms with Crippen LogP contribution in [0.3, 0.4) is 0 Å². The Morgan fingerprint density at radius 3 is 2.53 bits per heavy atom. The Labute approximate surface area is 101 Å². The second kappa shape index (κ2) is 6.25. The highest BCUT2D eigenvalue weighted by Crippen LogP contribution is 2.19. The number of aryl methyl sites for hydroxylation is 1. The minimum Gasteiger partial charge on any atom is -0.478 e. The Kier molecular flexibility index (Phi) is 4.97. The summed E-state index contributed by atoms with van der Waals surface area (Å²) in [6.07, 6.45) is 0.986. The monoisotopic (exact) mass is 237 g/mol. The van der Waals surface area contributed by atoms with Crippen LogP contribution in [-0.4, -0.2) is 35.9 Å². The minimum absolute atomic E-state index is 0.0970. The van der Waals surface area contributed by atoms with E-state index in [-0.39, 0.29) is 6.61 Å².